The third-order valence-corrected chi connectivity index (χ3v) is 5.14. The lowest BCUT2D eigenvalue weighted by molar-refractivity contribution is 0.0939. The Balaban J connectivity index is 2.22. The maximum Gasteiger partial charge on any atom is 0.251 e. The van der Waals surface area contributed by atoms with Gasteiger partial charge in [0.15, 0.2) is 9.84 Å². The largest absolute Gasteiger partial charge is 0.346 e. The lowest BCUT2D eigenvalue weighted by Crippen LogP contribution is -2.26. The molecular weight excluding hydrogens is 357 g/mol. The van der Waals surface area contributed by atoms with Gasteiger partial charge in [0.25, 0.3) is 5.91 Å². The molecule has 0 fully saturated rings. The molecule has 23 heavy (non-hydrogen) atoms. The van der Waals surface area contributed by atoms with Crippen molar-refractivity contribution in [2.75, 3.05) is 6.26 Å². The summed E-state index contributed by atoms with van der Waals surface area (Å²) in [4.78, 5) is 12.2. The van der Waals surface area contributed by atoms with Crippen molar-refractivity contribution in [2.45, 2.75) is 17.9 Å². The Morgan fingerprint density at radius 1 is 1.09 bits per heavy atom. The summed E-state index contributed by atoms with van der Waals surface area (Å²) in [7, 11) is -3.50. The molecule has 0 aliphatic heterocycles. The molecule has 1 atom stereocenters. The minimum absolute atomic E-state index is 0.0639. The van der Waals surface area contributed by atoms with Crippen molar-refractivity contribution in [1.82, 2.24) is 5.32 Å². The molecule has 0 unspecified atom stereocenters. The summed E-state index contributed by atoms with van der Waals surface area (Å²) in [6, 6.07) is 11.0. The Morgan fingerprint density at radius 2 is 1.70 bits per heavy atom. The first-order chi connectivity index (χ1) is 10.7. The van der Waals surface area contributed by atoms with E-state index in [-0.39, 0.29) is 27.4 Å². The summed E-state index contributed by atoms with van der Waals surface area (Å²) < 4.78 is 23.4. The Morgan fingerprint density at radius 3 is 2.26 bits per heavy atom. The van der Waals surface area contributed by atoms with Gasteiger partial charge in [0.1, 0.15) is 0 Å². The fourth-order valence-electron chi connectivity index (χ4n) is 2.04. The van der Waals surface area contributed by atoms with E-state index in [2.05, 4.69) is 5.32 Å². The number of halogens is 2. The highest BCUT2D eigenvalue weighted by molar-refractivity contribution is 7.90. The molecule has 4 nitrogen and oxygen atoms in total. The normalized spacial score (nSPS) is 12.7. The number of carbonyl (C=O) groups is 1. The van der Waals surface area contributed by atoms with Crippen LogP contribution in [0.4, 0.5) is 0 Å². The highest BCUT2D eigenvalue weighted by Gasteiger charge is 2.17. The van der Waals surface area contributed by atoms with E-state index in [4.69, 9.17) is 23.2 Å². The molecule has 2 rings (SSSR count). The average Bonchev–Trinajstić information content (AvgIpc) is 2.47. The predicted molar refractivity (Wildman–Crippen MR) is 91.9 cm³/mol. The summed E-state index contributed by atoms with van der Waals surface area (Å²) in [5.41, 5.74) is 1.12. The molecule has 122 valence electrons. The first kappa shape index (κ1) is 17.8. The lowest BCUT2D eigenvalue weighted by Gasteiger charge is -2.15. The number of carbonyl (C=O) groups excluding carboxylic acids is 1. The summed E-state index contributed by atoms with van der Waals surface area (Å²) in [5, 5.41) is 3.52. The van der Waals surface area contributed by atoms with Gasteiger partial charge in [-0.3, -0.25) is 4.79 Å². The smallest absolute Gasteiger partial charge is 0.251 e. The highest BCUT2D eigenvalue weighted by atomic mass is 35.5. The molecule has 0 saturated carbocycles. The van der Waals surface area contributed by atoms with Crippen molar-refractivity contribution < 1.29 is 13.2 Å². The van der Waals surface area contributed by atoms with Crippen LogP contribution in [0.25, 0.3) is 0 Å². The summed E-state index contributed by atoms with van der Waals surface area (Å²) in [5.74, 6) is -0.381. The molecule has 0 aliphatic carbocycles. The van der Waals surface area contributed by atoms with Gasteiger partial charge in [-0.05, 0) is 42.8 Å². The average molecular weight is 372 g/mol. The molecular formula is C16H15Cl2NO3S. The molecule has 0 aliphatic rings. The zero-order valence-electron chi connectivity index (χ0n) is 12.5. The molecule has 2 aromatic carbocycles. The summed E-state index contributed by atoms with van der Waals surface area (Å²) >= 11 is 11.7. The Kier molecular flexibility index (Phi) is 5.34. The predicted octanol–water partition coefficient (Wildman–Crippen LogP) is 3.89. The van der Waals surface area contributed by atoms with Crippen molar-refractivity contribution in [3.63, 3.8) is 0 Å². The number of nitrogens with one attached hydrogen (secondary N) is 1. The van der Waals surface area contributed by atoms with Crippen molar-refractivity contribution in [3.05, 3.63) is 63.6 Å². The zero-order valence-corrected chi connectivity index (χ0v) is 14.8. The van der Waals surface area contributed by atoms with Gasteiger partial charge in [-0.1, -0.05) is 35.3 Å². The first-order valence-electron chi connectivity index (χ1n) is 6.74. The lowest BCUT2D eigenvalue weighted by atomic mass is 10.1. The molecule has 0 saturated heterocycles. The van der Waals surface area contributed by atoms with Crippen molar-refractivity contribution in [2.24, 2.45) is 0 Å². The molecule has 0 heterocycles. The van der Waals surface area contributed by atoms with Crippen molar-refractivity contribution >= 4 is 38.9 Å². The second kappa shape index (κ2) is 6.91. The van der Waals surface area contributed by atoms with E-state index >= 15 is 0 Å². The van der Waals surface area contributed by atoms with E-state index in [1.807, 2.05) is 19.1 Å². The van der Waals surface area contributed by atoms with Gasteiger partial charge in [-0.25, -0.2) is 8.42 Å². The highest BCUT2D eigenvalue weighted by Crippen LogP contribution is 2.23. The second-order valence-electron chi connectivity index (χ2n) is 5.16. The number of hydrogen-bond acceptors (Lipinski definition) is 3. The molecule has 0 aromatic heterocycles. The number of benzene rings is 2. The van der Waals surface area contributed by atoms with E-state index in [0.29, 0.717) is 5.02 Å². The Bertz CT molecular complexity index is 833. The second-order valence-corrected chi connectivity index (χ2v) is 7.99. The van der Waals surface area contributed by atoms with Crippen molar-refractivity contribution in [3.8, 4) is 0 Å². The van der Waals surface area contributed by atoms with E-state index in [1.54, 1.807) is 12.1 Å². The van der Waals surface area contributed by atoms with E-state index in [0.717, 1.165) is 11.8 Å². The van der Waals surface area contributed by atoms with Crippen LogP contribution in [0, 0.1) is 0 Å². The van der Waals surface area contributed by atoms with Crippen LogP contribution in [0.2, 0.25) is 10.0 Å². The quantitative estimate of drug-likeness (QED) is 0.886. The molecule has 0 radical (unpaired) electrons. The van der Waals surface area contributed by atoms with Crippen LogP contribution in [-0.2, 0) is 9.84 Å². The first-order valence-corrected chi connectivity index (χ1v) is 9.39. The van der Waals surface area contributed by atoms with E-state index in [1.165, 1.54) is 18.2 Å². The van der Waals surface area contributed by atoms with Crippen LogP contribution in [0.15, 0.2) is 47.4 Å². The van der Waals surface area contributed by atoms with Gasteiger partial charge >= 0.3 is 0 Å². The fourth-order valence-corrected chi connectivity index (χ4v) is 3.47. The summed E-state index contributed by atoms with van der Waals surface area (Å²) in [6.07, 6.45) is 1.05. The number of hydrogen-bond donors (Lipinski definition) is 1. The van der Waals surface area contributed by atoms with Gasteiger partial charge in [0.05, 0.1) is 16.0 Å². The van der Waals surface area contributed by atoms with Crippen LogP contribution >= 0.6 is 23.2 Å². The van der Waals surface area contributed by atoms with Gasteiger partial charge in [-0.2, -0.15) is 0 Å². The minimum Gasteiger partial charge on any atom is -0.346 e. The summed E-state index contributed by atoms with van der Waals surface area (Å²) in [6.45, 7) is 1.83. The Hall–Kier alpha value is -1.56. The van der Waals surface area contributed by atoms with Crippen molar-refractivity contribution in [1.29, 1.82) is 0 Å². The molecule has 2 aromatic rings. The van der Waals surface area contributed by atoms with Gasteiger partial charge in [0.2, 0.25) is 0 Å². The van der Waals surface area contributed by atoms with E-state index in [9.17, 15) is 13.2 Å². The molecule has 0 bridgehead atoms. The van der Waals surface area contributed by atoms with Crippen LogP contribution in [0.5, 0.6) is 0 Å². The third-order valence-electron chi connectivity index (χ3n) is 3.31. The van der Waals surface area contributed by atoms with Gasteiger partial charge in [0, 0.05) is 16.8 Å². The number of amides is 1. The third kappa shape index (κ3) is 4.47. The van der Waals surface area contributed by atoms with Crippen LogP contribution in [-0.4, -0.2) is 20.6 Å². The maximum atomic E-state index is 12.3. The standard InChI is InChI=1S/C16H15Cl2NO3S/c1-10(11-3-6-13(17)7-4-11)19-16(20)12-5-8-14(18)15(9-12)23(2,21)22/h3-10H,1-2H3,(H,19,20)/t10-/m1/s1. The maximum absolute atomic E-state index is 12.3. The monoisotopic (exact) mass is 371 g/mol. The topological polar surface area (TPSA) is 63.2 Å². The fraction of sp³-hybridized carbons (Fsp3) is 0.188. The van der Waals surface area contributed by atoms with Crippen LogP contribution < -0.4 is 5.32 Å². The number of rotatable bonds is 4. The van der Waals surface area contributed by atoms with Gasteiger partial charge < -0.3 is 5.32 Å². The molecule has 0 spiro atoms. The van der Waals surface area contributed by atoms with Crippen LogP contribution in [0.1, 0.15) is 28.9 Å². The molecule has 7 heteroatoms. The SMILES string of the molecule is C[C@@H](NC(=O)c1ccc(Cl)c(S(C)(=O)=O)c1)c1ccc(Cl)cc1. The minimum atomic E-state index is -3.50. The van der Waals surface area contributed by atoms with Gasteiger partial charge in [-0.15, -0.1) is 0 Å². The molecule has 1 amide bonds. The number of sulfone groups is 1. The Labute approximate surface area is 145 Å². The van der Waals surface area contributed by atoms with E-state index < -0.39 is 9.84 Å². The zero-order chi connectivity index (χ0) is 17.2. The van der Waals surface area contributed by atoms with Crippen LogP contribution in [0.3, 0.4) is 0 Å². The molecule has 1 N–H and O–H groups in total.